The number of carbonyl (C=O) groups excluding carboxylic acids is 2. The van der Waals surface area contributed by atoms with Crippen LogP contribution in [0.2, 0.25) is 5.02 Å². The molecule has 0 radical (unpaired) electrons. The van der Waals surface area contributed by atoms with Crippen LogP contribution in [0.1, 0.15) is 32.1 Å². The number of hydrogen-bond donors (Lipinski definition) is 2. The summed E-state index contributed by atoms with van der Waals surface area (Å²) in [7, 11) is 0. The number of halogens is 1. The van der Waals surface area contributed by atoms with Crippen LogP contribution >= 0.6 is 11.6 Å². The molecular weight excluding hydrogens is 288 g/mol. The van der Waals surface area contributed by atoms with Crippen LogP contribution in [-0.2, 0) is 9.59 Å². The summed E-state index contributed by atoms with van der Waals surface area (Å²) in [5, 5.41) is 5.67. The zero-order chi connectivity index (χ0) is 15.1. The predicted octanol–water partition coefficient (Wildman–Crippen LogP) is 3.29. The van der Waals surface area contributed by atoms with Gasteiger partial charge in [-0.05, 0) is 50.3 Å². The van der Waals surface area contributed by atoms with Gasteiger partial charge in [-0.15, -0.1) is 0 Å². The van der Waals surface area contributed by atoms with Gasteiger partial charge in [0, 0.05) is 17.3 Å². The molecule has 1 aliphatic carbocycles. The van der Waals surface area contributed by atoms with Crippen LogP contribution in [0.5, 0.6) is 0 Å². The van der Waals surface area contributed by atoms with Crippen molar-refractivity contribution in [2.75, 3.05) is 11.9 Å². The van der Waals surface area contributed by atoms with Gasteiger partial charge >= 0.3 is 11.8 Å². The average molecular weight is 307 g/mol. The summed E-state index contributed by atoms with van der Waals surface area (Å²) in [6, 6.07) is 6.70. The van der Waals surface area contributed by atoms with Crippen LogP contribution in [0.4, 0.5) is 5.69 Å². The molecule has 0 bridgehead atoms. The van der Waals surface area contributed by atoms with Gasteiger partial charge in [0.25, 0.3) is 0 Å². The van der Waals surface area contributed by atoms with Crippen molar-refractivity contribution < 1.29 is 9.59 Å². The van der Waals surface area contributed by atoms with Crippen molar-refractivity contribution in [1.82, 2.24) is 5.32 Å². The Kier molecular flexibility index (Phi) is 5.81. The van der Waals surface area contributed by atoms with Gasteiger partial charge in [-0.3, -0.25) is 9.59 Å². The van der Waals surface area contributed by atoms with Crippen molar-refractivity contribution in [2.45, 2.75) is 32.1 Å². The lowest BCUT2D eigenvalue weighted by Crippen LogP contribution is -2.36. The van der Waals surface area contributed by atoms with Crippen LogP contribution < -0.4 is 10.6 Å². The molecule has 0 atom stereocenters. The molecule has 0 aliphatic heterocycles. The fraction of sp³-hybridized carbons (Fsp3) is 0.375. The second-order valence-corrected chi connectivity index (χ2v) is 5.51. The molecule has 2 rings (SSSR count). The van der Waals surface area contributed by atoms with Crippen molar-refractivity contribution in [2.24, 2.45) is 0 Å². The highest BCUT2D eigenvalue weighted by molar-refractivity contribution is 6.39. The fourth-order valence-corrected chi connectivity index (χ4v) is 2.49. The number of anilines is 1. The molecule has 2 amide bonds. The normalized spacial score (nSPS) is 14.2. The molecule has 0 spiro atoms. The minimum Gasteiger partial charge on any atom is -0.348 e. The molecule has 0 unspecified atom stereocenters. The van der Waals surface area contributed by atoms with E-state index in [1.807, 2.05) is 0 Å². The van der Waals surface area contributed by atoms with Gasteiger partial charge < -0.3 is 10.6 Å². The first-order valence-corrected chi connectivity index (χ1v) is 7.55. The molecule has 2 N–H and O–H groups in total. The summed E-state index contributed by atoms with van der Waals surface area (Å²) in [4.78, 5) is 23.4. The van der Waals surface area contributed by atoms with Crippen molar-refractivity contribution in [3.8, 4) is 0 Å². The zero-order valence-electron chi connectivity index (χ0n) is 11.8. The number of hydrogen-bond acceptors (Lipinski definition) is 2. The first-order valence-electron chi connectivity index (χ1n) is 7.18. The molecule has 21 heavy (non-hydrogen) atoms. The molecule has 4 nitrogen and oxygen atoms in total. The highest BCUT2D eigenvalue weighted by Gasteiger charge is 2.13. The van der Waals surface area contributed by atoms with Crippen molar-refractivity contribution in [3.05, 3.63) is 40.9 Å². The average Bonchev–Trinajstić information content (AvgIpc) is 2.48. The highest BCUT2D eigenvalue weighted by atomic mass is 35.5. The van der Waals surface area contributed by atoms with E-state index in [4.69, 9.17) is 11.6 Å². The van der Waals surface area contributed by atoms with E-state index in [9.17, 15) is 9.59 Å². The van der Waals surface area contributed by atoms with Crippen LogP contribution in [0.15, 0.2) is 35.9 Å². The third-order valence-electron chi connectivity index (χ3n) is 3.41. The Balaban J connectivity index is 1.75. The van der Waals surface area contributed by atoms with E-state index in [0.29, 0.717) is 17.3 Å². The Morgan fingerprint density at radius 1 is 1.19 bits per heavy atom. The third-order valence-corrected chi connectivity index (χ3v) is 3.64. The van der Waals surface area contributed by atoms with Gasteiger partial charge in [0.1, 0.15) is 0 Å². The maximum Gasteiger partial charge on any atom is 0.313 e. The van der Waals surface area contributed by atoms with E-state index in [2.05, 4.69) is 16.7 Å². The van der Waals surface area contributed by atoms with Crippen molar-refractivity contribution in [1.29, 1.82) is 0 Å². The molecule has 112 valence electrons. The molecule has 0 fully saturated rings. The van der Waals surface area contributed by atoms with Crippen LogP contribution in [0.25, 0.3) is 0 Å². The quantitative estimate of drug-likeness (QED) is 0.662. The number of benzene rings is 1. The van der Waals surface area contributed by atoms with E-state index >= 15 is 0 Å². The predicted molar refractivity (Wildman–Crippen MR) is 84.3 cm³/mol. The monoisotopic (exact) mass is 306 g/mol. The molecule has 0 aromatic heterocycles. The largest absolute Gasteiger partial charge is 0.348 e. The van der Waals surface area contributed by atoms with Gasteiger partial charge in [-0.1, -0.05) is 29.3 Å². The number of nitrogens with one attached hydrogen (secondary N) is 2. The Bertz CT molecular complexity index is 555. The van der Waals surface area contributed by atoms with Gasteiger partial charge in [0.05, 0.1) is 0 Å². The fourth-order valence-electron chi connectivity index (χ4n) is 2.30. The SMILES string of the molecule is O=C(NCCC1=CCCCC1)C(=O)Nc1cccc(Cl)c1. The second-order valence-electron chi connectivity index (χ2n) is 5.08. The maximum atomic E-state index is 11.7. The first kappa shape index (κ1) is 15.6. The van der Waals surface area contributed by atoms with Gasteiger partial charge in [-0.2, -0.15) is 0 Å². The summed E-state index contributed by atoms with van der Waals surface area (Å²) < 4.78 is 0. The Morgan fingerprint density at radius 2 is 2.05 bits per heavy atom. The smallest absolute Gasteiger partial charge is 0.313 e. The van der Waals surface area contributed by atoms with E-state index in [1.165, 1.54) is 18.4 Å². The van der Waals surface area contributed by atoms with Crippen LogP contribution in [-0.4, -0.2) is 18.4 Å². The molecule has 5 heteroatoms. The van der Waals surface area contributed by atoms with Gasteiger partial charge in [0.2, 0.25) is 0 Å². The summed E-state index contributed by atoms with van der Waals surface area (Å²) in [5.74, 6) is -1.29. The van der Waals surface area contributed by atoms with Crippen molar-refractivity contribution >= 4 is 29.1 Å². The van der Waals surface area contributed by atoms with Crippen LogP contribution in [0, 0.1) is 0 Å². The van der Waals surface area contributed by atoms with Crippen LogP contribution in [0.3, 0.4) is 0 Å². The van der Waals surface area contributed by atoms with Gasteiger partial charge in [-0.25, -0.2) is 0 Å². The summed E-state index contributed by atoms with van der Waals surface area (Å²) in [6.07, 6.45) is 7.74. The van der Waals surface area contributed by atoms with E-state index in [-0.39, 0.29) is 0 Å². The lowest BCUT2D eigenvalue weighted by molar-refractivity contribution is -0.136. The number of amides is 2. The highest BCUT2D eigenvalue weighted by Crippen LogP contribution is 2.19. The molecule has 1 aromatic rings. The van der Waals surface area contributed by atoms with Gasteiger partial charge in [0.15, 0.2) is 0 Å². The summed E-state index contributed by atoms with van der Waals surface area (Å²) in [5.41, 5.74) is 1.88. The summed E-state index contributed by atoms with van der Waals surface area (Å²) in [6.45, 7) is 0.494. The lowest BCUT2D eigenvalue weighted by Gasteiger charge is -2.12. The second kappa shape index (κ2) is 7.84. The summed E-state index contributed by atoms with van der Waals surface area (Å²) >= 11 is 5.82. The van der Waals surface area contributed by atoms with E-state index in [0.717, 1.165) is 19.3 Å². The molecule has 1 aromatic carbocycles. The Hall–Kier alpha value is -1.81. The molecule has 0 saturated heterocycles. The molecular formula is C16H19ClN2O2. The molecule has 1 aliphatic rings. The minimum absolute atomic E-state index is 0.494. The topological polar surface area (TPSA) is 58.2 Å². The number of carbonyl (C=O) groups is 2. The Morgan fingerprint density at radius 3 is 2.76 bits per heavy atom. The van der Waals surface area contributed by atoms with E-state index < -0.39 is 11.8 Å². The number of rotatable bonds is 4. The Labute approximate surface area is 129 Å². The maximum absolute atomic E-state index is 11.7. The minimum atomic E-state index is -0.671. The zero-order valence-corrected chi connectivity index (χ0v) is 12.6. The molecule has 0 saturated carbocycles. The van der Waals surface area contributed by atoms with Crippen molar-refractivity contribution in [3.63, 3.8) is 0 Å². The lowest BCUT2D eigenvalue weighted by atomic mass is 9.97. The third kappa shape index (κ3) is 5.23. The standard InChI is InChI=1S/C16H19ClN2O2/c17-13-7-4-8-14(11-13)19-16(21)15(20)18-10-9-12-5-2-1-3-6-12/h4-5,7-8,11H,1-3,6,9-10H2,(H,18,20)(H,19,21). The first-order chi connectivity index (χ1) is 10.1. The number of allylic oxidation sites excluding steroid dienone is 1. The van der Waals surface area contributed by atoms with E-state index in [1.54, 1.807) is 24.3 Å². The molecule has 0 heterocycles.